The minimum absolute atomic E-state index is 0.266. The van der Waals surface area contributed by atoms with Gasteiger partial charge in [0.25, 0.3) is 10.0 Å². The molecule has 1 aliphatic rings. The van der Waals surface area contributed by atoms with E-state index < -0.39 is 45.0 Å². The number of hydrogen-bond donors (Lipinski definition) is 2. The highest BCUT2D eigenvalue weighted by Crippen LogP contribution is 2.34. The normalized spacial score (nSPS) is 14.8. The average molecular weight is 559 g/mol. The summed E-state index contributed by atoms with van der Waals surface area (Å²) in [6, 6.07) is 5.66. The van der Waals surface area contributed by atoms with E-state index in [2.05, 4.69) is 10.4 Å². The maximum absolute atomic E-state index is 15.2. The molecular weight excluding hydrogens is 540 g/mol. The molecular formula is C23H19Cl2F3N4O3S. The zero-order valence-corrected chi connectivity index (χ0v) is 20.8. The topological polar surface area (TPSA) is 93.1 Å². The summed E-state index contributed by atoms with van der Waals surface area (Å²) < 4.78 is 69.4. The summed E-state index contributed by atoms with van der Waals surface area (Å²) in [6.07, 6.45) is 3.40. The van der Waals surface area contributed by atoms with E-state index >= 15 is 4.39 Å². The van der Waals surface area contributed by atoms with Gasteiger partial charge in [0.15, 0.2) is 11.6 Å². The third-order valence-corrected chi connectivity index (χ3v) is 7.48. The first-order valence-electron chi connectivity index (χ1n) is 10.7. The zero-order chi connectivity index (χ0) is 26.0. The molecule has 1 aliphatic carbocycles. The predicted octanol–water partition coefficient (Wildman–Crippen LogP) is 5.22. The van der Waals surface area contributed by atoms with Crippen molar-refractivity contribution in [2.45, 2.75) is 30.7 Å². The maximum atomic E-state index is 15.2. The first-order chi connectivity index (χ1) is 17.0. The lowest BCUT2D eigenvalue weighted by atomic mass is 9.92. The number of halogens is 5. The lowest BCUT2D eigenvalue weighted by Gasteiger charge is -2.19. The summed E-state index contributed by atoms with van der Waals surface area (Å²) in [5.74, 6) is -3.30. The number of nitrogens with one attached hydrogen (secondary N) is 2. The first-order valence-corrected chi connectivity index (χ1v) is 12.9. The van der Waals surface area contributed by atoms with Crippen LogP contribution in [0.15, 0.2) is 53.3 Å². The number of carbonyl (C=O) groups is 1. The SMILES string of the molecule is O=C(NC/C(F)=C1\CCCc2cnn(Cc3ccc(Cl)cc3Cl)c21)NS(=O)(=O)c1ccc(F)c(F)c1. The number of fused-ring (bicyclic) bond motifs is 1. The minimum atomic E-state index is -4.50. The number of allylic oxidation sites excluding steroid dienone is 1. The second kappa shape index (κ2) is 10.5. The molecule has 36 heavy (non-hydrogen) atoms. The Labute approximate surface area is 215 Å². The Balaban J connectivity index is 1.49. The Kier molecular flexibility index (Phi) is 7.62. The molecule has 13 heteroatoms. The largest absolute Gasteiger partial charge is 0.331 e. The fraction of sp³-hybridized carbons (Fsp3) is 0.217. The summed E-state index contributed by atoms with van der Waals surface area (Å²) in [7, 11) is -4.50. The number of carbonyl (C=O) groups excluding carboxylic acids is 1. The van der Waals surface area contributed by atoms with Crippen LogP contribution in [0.25, 0.3) is 5.57 Å². The number of amides is 2. The van der Waals surface area contributed by atoms with Crippen molar-refractivity contribution in [1.82, 2.24) is 19.8 Å². The molecule has 4 rings (SSSR count). The molecule has 0 bridgehead atoms. The van der Waals surface area contributed by atoms with E-state index in [0.29, 0.717) is 52.7 Å². The van der Waals surface area contributed by atoms with Gasteiger partial charge >= 0.3 is 6.03 Å². The Bertz CT molecular complexity index is 1480. The fourth-order valence-corrected chi connectivity index (χ4v) is 5.26. The molecule has 190 valence electrons. The highest BCUT2D eigenvalue weighted by molar-refractivity contribution is 7.90. The van der Waals surface area contributed by atoms with Crippen LogP contribution in [0, 0.1) is 11.6 Å². The molecule has 1 heterocycles. The number of hydrogen-bond acceptors (Lipinski definition) is 4. The average Bonchev–Trinajstić information content (AvgIpc) is 3.23. The van der Waals surface area contributed by atoms with Gasteiger partial charge < -0.3 is 5.32 Å². The van der Waals surface area contributed by atoms with Crippen LogP contribution in [0.5, 0.6) is 0 Å². The molecule has 0 fully saturated rings. The van der Waals surface area contributed by atoms with Gasteiger partial charge in [0, 0.05) is 15.6 Å². The van der Waals surface area contributed by atoms with Crippen LogP contribution in [0.4, 0.5) is 18.0 Å². The molecule has 3 aromatic rings. The number of nitrogens with zero attached hydrogens (tertiary/aromatic N) is 2. The smallest absolute Gasteiger partial charge is 0.329 e. The predicted molar refractivity (Wildman–Crippen MR) is 129 cm³/mol. The second-order valence-electron chi connectivity index (χ2n) is 8.01. The molecule has 2 aromatic carbocycles. The van der Waals surface area contributed by atoms with E-state index in [1.54, 1.807) is 33.8 Å². The van der Waals surface area contributed by atoms with E-state index in [0.717, 1.165) is 17.2 Å². The molecule has 0 aliphatic heterocycles. The molecule has 0 unspecified atom stereocenters. The van der Waals surface area contributed by atoms with Gasteiger partial charge in [-0.3, -0.25) is 4.68 Å². The molecule has 0 radical (unpaired) electrons. The number of aromatic nitrogens is 2. The van der Waals surface area contributed by atoms with Gasteiger partial charge in [0.1, 0.15) is 5.83 Å². The molecule has 2 N–H and O–H groups in total. The van der Waals surface area contributed by atoms with Gasteiger partial charge in [-0.05, 0) is 60.7 Å². The number of urea groups is 1. The van der Waals surface area contributed by atoms with Crippen molar-refractivity contribution >= 4 is 44.8 Å². The van der Waals surface area contributed by atoms with E-state index in [1.165, 1.54) is 0 Å². The van der Waals surface area contributed by atoms with Crippen molar-refractivity contribution in [3.05, 3.63) is 86.9 Å². The van der Waals surface area contributed by atoms with Crippen molar-refractivity contribution in [3.63, 3.8) is 0 Å². The second-order valence-corrected chi connectivity index (χ2v) is 10.5. The molecule has 0 saturated carbocycles. The monoisotopic (exact) mass is 558 g/mol. The first kappa shape index (κ1) is 26.1. The third-order valence-electron chi connectivity index (χ3n) is 5.57. The van der Waals surface area contributed by atoms with Crippen LogP contribution in [0.3, 0.4) is 0 Å². The zero-order valence-electron chi connectivity index (χ0n) is 18.5. The number of aryl methyl sites for hydroxylation is 1. The molecule has 0 atom stereocenters. The van der Waals surface area contributed by atoms with Crippen molar-refractivity contribution in [1.29, 1.82) is 0 Å². The Morgan fingerprint density at radius 1 is 1.08 bits per heavy atom. The summed E-state index contributed by atoms with van der Waals surface area (Å²) in [5, 5.41) is 7.43. The molecule has 0 saturated heterocycles. The highest BCUT2D eigenvalue weighted by Gasteiger charge is 2.25. The quantitative estimate of drug-likeness (QED) is 0.433. The van der Waals surface area contributed by atoms with Gasteiger partial charge in [0.05, 0.1) is 29.9 Å². The number of sulfonamides is 1. The van der Waals surface area contributed by atoms with Crippen LogP contribution < -0.4 is 10.0 Å². The van der Waals surface area contributed by atoms with Gasteiger partial charge in [-0.25, -0.2) is 31.1 Å². The van der Waals surface area contributed by atoms with Crippen molar-refractivity contribution in [2.24, 2.45) is 0 Å². The number of benzene rings is 2. The maximum Gasteiger partial charge on any atom is 0.329 e. The van der Waals surface area contributed by atoms with Crippen LogP contribution in [-0.2, 0) is 23.0 Å². The van der Waals surface area contributed by atoms with Crippen LogP contribution in [-0.4, -0.2) is 30.8 Å². The van der Waals surface area contributed by atoms with Gasteiger partial charge in [-0.1, -0.05) is 29.3 Å². The van der Waals surface area contributed by atoms with Gasteiger partial charge in [-0.2, -0.15) is 5.10 Å². The van der Waals surface area contributed by atoms with E-state index in [-0.39, 0.29) is 6.54 Å². The molecule has 1 aromatic heterocycles. The lowest BCUT2D eigenvalue weighted by molar-refractivity contribution is 0.246. The molecule has 2 amide bonds. The van der Waals surface area contributed by atoms with E-state index in [4.69, 9.17) is 23.2 Å². The molecule has 0 spiro atoms. The van der Waals surface area contributed by atoms with Crippen LogP contribution in [0.2, 0.25) is 10.0 Å². The molecule has 7 nitrogen and oxygen atoms in total. The van der Waals surface area contributed by atoms with Crippen molar-refractivity contribution < 1.29 is 26.4 Å². The number of rotatable bonds is 6. The van der Waals surface area contributed by atoms with E-state index in [9.17, 15) is 22.0 Å². The van der Waals surface area contributed by atoms with Gasteiger partial charge in [0.2, 0.25) is 0 Å². The summed E-state index contributed by atoms with van der Waals surface area (Å²) >= 11 is 12.2. The lowest BCUT2D eigenvalue weighted by Crippen LogP contribution is -2.40. The Morgan fingerprint density at radius 2 is 1.86 bits per heavy atom. The Hall–Kier alpha value is -3.02. The summed E-state index contributed by atoms with van der Waals surface area (Å²) in [5.41, 5.74) is 2.48. The fourth-order valence-electron chi connectivity index (χ4n) is 3.85. The minimum Gasteiger partial charge on any atom is -0.331 e. The van der Waals surface area contributed by atoms with Crippen LogP contribution >= 0.6 is 23.2 Å². The van der Waals surface area contributed by atoms with Gasteiger partial charge in [-0.15, -0.1) is 0 Å². The van der Waals surface area contributed by atoms with E-state index in [1.807, 2.05) is 0 Å². The standard InChI is InChI=1S/C23H19Cl2F3N4O3S/c24-15-5-4-14(18(25)8-15)12-32-22-13(10-30-32)2-1-3-17(22)21(28)11-29-23(33)31-36(34,35)16-6-7-19(26)20(27)9-16/h4-10H,1-3,11-12H2,(H2,29,31,33)/b21-17-. The van der Waals surface area contributed by atoms with Crippen molar-refractivity contribution in [2.75, 3.05) is 6.54 Å². The summed E-state index contributed by atoms with van der Waals surface area (Å²) in [4.78, 5) is 11.5. The summed E-state index contributed by atoms with van der Waals surface area (Å²) in [6.45, 7) is -0.330. The third kappa shape index (κ3) is 5.69. The highest BCUT2D eigenvalue weighted by atomic mass is 35.5. The van der Waals surface area contributed by atoms with Crippen molar-refractivity contribution in [3.8, 4) is 0 Å². The van der Waals surface area contributed by atoms with Crippen LogP contribution in [0.1, 0.15) is 29.7 Å². The Morgan fingerprint density at radius 3 is 2.58 bits per heavy atom.